The van der Waals surface area contributed by atoms with E-state index in [0.29, 0.717) is 6.54 Å². The van der Waals surface area contributed by atoms with Gasteiger partial charge in [0, 0.05) is 33.1 Å². The molecular formula is C17H23N3O3. The first-order valence-electron chi connectivity index (χ1n) is 7.78. The van der Waals surface area contributed by atoms with Crippen LogP contribution < -0.4 is 10.6 Å². The molecule has 1 aliphatic heterocycles. The van der Waals surface area contributed by atoms with Crippen LogP contribution in [0.1, 0.15) is 12.5 Å². The van der Waals surface area contributed by atoms with E-state index in [1.54, 1.807) is 6.08 Å². The van der Waals surface area contributed by atoms with Gasteiger partial charge >= 0.3 is 0 Å². The highest BCUT2D eigenvalue weighted by Crippen LogP contribution is 2.05. The van der Waals surface area contributed by atoms with Gasteiger partial charge in [-0.3, -0.25) is 14.5 Å². The SMILES string of the molecule is CC(=O)N/C(=C\c1ccccc1)C(=O)NCCN1CCOCC1. The Morgan fingerprint density at radius 1 is 1.22 bits per heavy atom. The highest BCUT2D eigenvalue weighted by Gasteiger charge is 2.13. The Morgan fingerprint density at radius 2 is 1.91 bits per heavy atom. The van der Waals surface area contributed by atoms with Crippen LogP contribution in [0.15, 0.2) is 36.0 Å². The molecule has 6 nitrogen and oxygen atoms in total. The van der Waals surface area contributed by atoms with Crippen LogP contribution in [-0.4, -0.2) is 56.1 Å². The van der Waals surface area contributed by atoms with Crippen molar-refractivity contribution in [3.63, 3.8) is 0 Å². The standard InChI is InChI=1S/C17H23N3O3/c1-14(21)19-16(13-15-5-3-2-4-6-15)17(22)18-7-8-20-9-11-23-12-10-20/h2-6,13H,7-12H2,1H3,(H,18,22)(H,19,21)/b16-13-. The van der Waals surface area contributed by atoms with Crippen molar-refractivity contribution in [3.8, 4) is 0 Å². The van der Waals surface area contributed by atoms with Gasteiger partial charge in [0.15, 0.2) is 0 Å². The minimum absolute atomic E-state index is 0.255. The summed E-state index contributed by atoms with van der Waals surface area (Å²) >= 11 is 0. The maximum Gasteiger partial charge on any atom is 0.267 e. The highest BCUT2D eigenvalue weighted by atomic mass is 16.5. The zero-order valence-electron chi connectivity index (χ0n) is 13.4. The van der Waals surface area contributed by atoms with Gasteiger partial charge in [-0.05, 0) is 11.6 Å². The molecule has 0 saturated carbocycles. The average molecular weight is 317 g/mol. The van der Waals surface area contributed by atoms with Crippen molar-refractivity contribution >= 4 is 17.9 Å². The fourth-order valence-electron chi connectivity index (χ4n) is 2.31. The van der Waals surface area contributed by atoms with Crippen molar-refractivity contribution in [3.05, 3.63) is 41.6 Å². The molecule has 0 atom stereocenters. The summed E-state index contributed by atoms with van der Waals surface area (Å²) in [5.41, 5.74) is 1.12. The lowest BCUT2D eigenvalue weighted by atomic mass is 10.2. The van der Waals surface area contributed by atoms with Gasteiger partial charge in [0.05, 0.1) is 13.2 Å². The number of carbonyl (C=O) groups excluding carboxylic acids is 2. The van der Waals surface area contributed by atoms with E-state index in [4.69, 9.17) is 4.74 Å². The van der Waals surface area contributed by atoms with E-state index in [1.807, 2.05) is 30.3 Å². The number of nitrogens with zero attached hydrogens (tertiary/aromatic N) is 1. The molecule has 0 unspecified atom stereocenters. The fourth-order valence-corrected chi connectivity index (χ4v) is 2.31. The van der Waals surface area contributed by atoms with E-state index < -0.39 is 0 Å². The van der Waals surface area contributed by atoms with Gasteiger partial charge in [-0.2, -0.15) is 0 Å². The zero-order chi connectivity index (χ0) is 16.5. The molecule has 2 amide bonds. The van der Waals surface area contributed by atoms with E-state index in [-0.39, 0.29) is 17.5 Å². The van der Waals surface area contributed by atoms with Crippen LogP contribution in [0.3, 0.4) is 0 Å². The van der Waals surface area contributed by atoms with Crippen molar-refractivity contribution in [1.82, 2.24) is 15.5 Å². The van der Waals surface area contributed by atoms with Crippen molar-refractivity contribution in [1.29, 1.82) is 0 Å². The Hall–Kier alpha value is -2.18. The molecule has 1 saturated heterocycles. The van der Waals surface area contributed by atoms with Crippen molar-refractivity contribution < 1.29 is 14.3 Å². The molecular weight excluding hydrogens is 294 g/mol. The van der Waals surface area contributed by atoms with E-state index in [2.05, 4.69) is 15.5 Å². The number of hydrogen-bond acceptors (Lipinski definition) is 4. The van der Waals surface area contributed by atoms with Crippen LogP contribution in [-0.2, 0) is 14.3 Å². The molecule has 0 radical (unpaired) electrons. The first-order chi connectivity index (χ1) is 11.1. The molecule has 23 heavy (non-hydrogen) atoms. The maximum absolute atomic E-state index is 12.3. The van der Waals surface area contributed by atoms with E-state index in [0.717, 1.165) is 38.4 Å². The van der Waals surface area contributed by atoms with Gasteiger partial charge in [-0.15, -0.1) is 0 Å². The number of ether oxygens (including phenoxy) is 1. The predicted molar refractivity (Wildman–Crippen MR) is 88.5 cm³/mol. The zero-order valence-corrected chi connectivity index (χ0v) is 13.4. The molecule has 6 heteroatoms. The first-order valence-corrected chi connectivity index (χ1v) is 7.78. The van der Waals surface area contributed by atoms with Gasteiger partial charge in [0.25, 0.3) is 5.91 Å². The lowest BCUT2D eigenvalue weighted by Crippen LogP contribution is -2.42. The Balaban J connectivity index is 1.91. The molecule has 124 valence electrons. The Labute approximate surface area is 136 Å². The van der Waals surface area contributed by atoms with Gasteiger partial charge in [-0.1, -0.05) is 30.3 Å². The summed E-state index contributed by atoms with van der Waals surface area (Å²) in [6.07, 6.45) is 1.67. The number of hydrogen-bond donors (Lipinski definition) is 2. The number of morpholine rings is 1. The summed E-state index contributed by atoms with van der Waals surface area (Å²) in [5, 5.41) is 5.44. The molecule has 1 heterocycles. The topological polar surface area (TPSA) is 70.7 Å². The van der Waals surface area contributed by atoms with Crippen LogP contribution >= 0.6 is 0 Å². The molecule has 1 aliphatic rings. The molecule has 2 rings (SSSR count). The number of benzene rings is 1. The fraction of sp³-hybridized carbons (Fsp3) is 0.412. The second-order valence-electron chi connectivity index (χ2n) is 5.36. The van der Waals surface area contributed by atoms with E-state index in [1.165, 1.54) is 6.92 Å². The Bertz CT molecular complexity index is 551. The molecule has 2 N–H and O–H groups in total. The molecule has 0 aromatic heterocycles. The average Bonchev–Trinajstić information content (AvgIpc) is 2.56. The molecule has 0 spiro atoms. The Kier molecular flexibility index (Phi) is 6.77. The third-order valence-electron chi connectivity index (χ3n) is 3.48. The van der Waals surface area contributed by atoms with Crippen LogP contribution in [0, 0.1) is 0 Å². The smallest absolute Gasteiger partial charge is 0.267 e. The summed E-state index contributed by atoms with van der Waals surface area (Å²) in [5.74, 6) is -0.548. The Morgan fingerprint density at radius 3 is 2.57 bits per heavy atom. The molecule has 0 aliphatic carbocycles. The normalized spacial score (nSPS) is 16.0. The van der Waals surface area contributed by atoms with Crippen molar-refractivity contribution in [2.24, 2.45) is 0 Å². The summed E-state index contributed by atoms with van der Waals surface area (Å²) in [6.45, 7) is 5.93. The highest BCUT2D eigenvalue weighted by molar-refractivity contribution is 6.00. The van der Waals surface area contributed by atoms with Crippen molar-refractivity contribution in [2.45, 2.75) is 6.92 Å². The summed E-state index contributed by atoms with van der Waals surface area (Å²) in [7, 11) is 0. The van der Waals surface area contributed by atoms with Crippen LogP contribution in [0.5, 0.6) is 0 Å². The van der Waals surface area contributed by atoms with Crippen LogP contribution in [0.4, 0.5) is 0 Å². The van der Waals surface area contributed by atoms with Crippen LogP contribution in [0.2, 0.25) is 0 Å². The monoisotopic (exact) mass is 317 g/mol. The molecule has 1 aromatic carbocycles. The van der Waals surface area contributed by atoms with Gasteiger partial charge in [0.1, 0.15) is 5.70 Å². The molecule has 1 aromatic rings. The molecule has 1 fully saturated rings. The summed E-state index contributed by atoms with van der Waals surface area (Å²) < 4.78 is 5.29. The minimum Gasteiger partial charge on any atom is -0.379 e. The number of carbonyl (C=O) groups is 2. The number of amides is 2. The van der Waals surface area contributed by atoms with Crippen LogP contribution in [0.25, 0.3) is 6.08 Å². The molecule has 0 bridgehead atoms. The summed E-state index contributed by atoms with van der Waals surface area (Å²) in [4.78, 5) is 25.8. The third-order valence-corrected chi connectivity index (χ3v) is 3.48. The predicted octanol–water partition coefficient (Wildman–Crippen LogP) is 0.612. The van der Waals surface area contributed by atoms with Crippen molar-refractivity contribution in [2.75, 3.05) is 39.4 Å². The van der Waals surface area contributed by atoms with Gasteiger partial charge in [0.2, 0.25) is 5.91 Å². The van der Waals surface area contributed by atoms with E-state index in [9.17, 15) is 9.59 Å². The third kappa shape index (κ3) is 6.22. The first kappa shape index (κ1) is 17.2. The largest absolute Gasteiger partial charge is 0.379 e. The maximum atomic E-state index is 12.3. The number of rotatable bonds is 6. The minimum atomic E-state index is -0.280. The van der Waals surface area contributed by atoms with E-state index >= 15 is 0 Å². The second-order valence-corrected chi connectivity index (χ2v) is 5.36. The lowest BCUT2D eigenvalue weighted by molar-refractivity contribution is -0.122. The summed E-state index contributed by atoms with van der Waals surface area (Å²) in [6, 6.07) is 9.42. The van der Waals surface area contributed by atoms with Gasteiger partial charge < -0.3 is 15.4 Å². The van der Waals surface area contributed by atoms with Gasteiger partial charge in [-0.25, -0.2) is 0 Å². The lowest BCUT2D eigenvalue weighted by Gasteiger charge is -2.26. The quantitative estimate of drug-likeness (QED) is 0.754. The second kappa shape index (κ2) is 9.07. The number of nitrogens with one attached hydrogen (secondary N) is 2.